The van der Waals surface area contributed by atoms with Crippen LogP contribution < -0.4 is 0 Å². The van der Waals surface area contributed by atoms with Crippen molar-refractivity contribution in [1.82, 2.24) is 5.06 Å². The Kier molecular flexibility index (Phi) is 6.06. The predicted octanol–water partition coefficient (Wildman–Crippen LogP) is 2.78. The first-order valence-corrected chi connectivity index (χ1v) is 9.55. The highest BCUT2D eigenvalue weighted by molar-refractivity contribution is 5.15. The molecule has 2 aromatic rings. The molecule has 0 spiro atoms. The molecule has 0 N–H and O–H groups in total. The van der Waals surface area contributed by atoms with E-state index in [-0.39, 0.29) is 12.1 Å². The van der Waals surface area contributed by atoms with Crippen molar-refractivity contribution in [2.24, 2.45) is 0 Å². The third-order valence-corrected chi connectivity index (χ3v) is 5.35. The van der Waals surface area contributed by atoms with Crippen molar-refractivity contribution < 1.29 is 23.8 Å². The maximum atomic E-state index is 6.36. The fourth-order valence-electron chi connectivity index (χ4n) is 3.87. The summed E-state index contributed by atoms with van der Waals surface area (Å²) in [7, 11) is 3.53. The summed E-state index contributed by atoms with van der Waals surface area (Å²) in [6.07, 6.45) is -0.666. The summed E-state index contributed by atoms with van der Waals surface area (Å²) >= 11 is 0. The average molecular weight is 385 g/mol. The van der Waals surface area contributed by atoms with Crippen LogP contribution in [-0.2, 0) is 37.0 Å². The van der Waals surface area contributed by atoms with Gasteiger partial charge in [0.1, 0.15) is 24.4 Å². The SMILES string of the molecule is COC1OC2(COCc3ccccc3)CON(C)C1C2OCc1ccccc1. The molecule has 2 aliphatic heterocycles. The molecule has 2 heterocycles. The Morgan fingerprint density at radius 1 is 1.00 bits per heavy atom. The maximum Gasteiger partial charge on any atom is 0.178 e. The molecule has 4 rings (SSSR count). The number of hydroxylamine groups is 2. The average Bonchev–Trinajstić information content (AvgIpc) is 2.97. The lowest BCUT2D eigenvalue weighted by Crippen LogP contribution is -2.60. The molecule has 2 saturated heterocycles. The van der Waals surface area contributed by atoms with Gasteiger partial charge in [0, 0.05) is 14.2 Å². The minimum atomic E-state index is -0.707. The Bertz CT molecular complexity index is 743. The molecule has 0 aliphatic carbocycles. The molecule has 6 heteroatoms. The third kappa shape index (κ3) is 3.98. The van der Waals surface area contributed by atoms with Crippen LogP contribution in [0.3, 0.4) is 0 Å². The van der Waals surface area contributed by atoms with E-state index in [9.17, 15) is 0 Å². The van der Waals surface area contributed by atoms with Crippen molar-refractivity contribution in [1.29, 1.82) is 0 Å². The second kappa shape index (κ2) is 8.69. The summed E-state index contributed by atoms with van der Waals surface area (Å²) in [4.78, 5) is 5.85. The zero-order valence-electron chi connectivity index (χ0n) is 16.3. The van der Waals surface area contributed by atoms with Crippen LogP contribution in [0.2, 0.25) is 0 Å². The van der Waals surface area contributed by atoms with Crippen LogP contribution in [0.25, 0.3) is 0 Å². The van der Waals surface area contributed by atoms with E-state index in [1.54, 1.807) is 12.2 Å². The largest absolute Gasteiger partial charge is 0.374 e. The predicted molar refractivity (Wildman–Crippen MR) is 103 cm³/mol. The number of rotatable bonds is 8. The first-order valence-electron chi connectivity index (χ1n) is 9.55. The van der Waals surface area contributed by atoms with Crippen LogP contribution in [0.1, 0.15) is 11.1 Å². The van der Waals surface area contributed by atoms with E-state index in [0.29, 0.717) is 26.4 Å². The van der Waals surface area contributed by atoms with Gasteiger partial charge in [-0.3, -0.25) is 4.84 Å². The number of benzene rings is 2. The summed E-state index contributed by atoms with van der Waals surface area (Å²) < 4.78 is 24.3. The normalized spacial score (nSPS) is 29.9. The fourth-order valence-corrected chi connectivity index (χ4v) is 3.87. The highest BCUT2D eigenvalue weighted by Gasteiger charge is 2.61. The maximum absolute atomic E-state index is 6.36. The van der Waals surface area contributed by atoms with E-state index in [2.05, 4.69) is 12.1 Å². The zero-order chi connectivity index (χ0) is 19.4. The van der Waals surface area contributed by atoms with Gasteiger partial charge >= 0.3 is 0 Å². The number of fused-ring (bicyclic) bond motifs is 2. The van der Waals surface area contributed by atoms with Gasteiger partial charge in [0.2, 0.25) is 0 Å². The molecule has 0 aromatic heterocycles. The first-order chi connectivity index (χ1) is 13.7. The molecule has 28 heavy (non-hydrogen) atoms. The molecule has 2 fully saturated rings. The van der Waals surface area contributed by atoms with E-state index < -0.39 is 11.9 Å². The molecule has 4 unspecified atom stereocenters. The van der Waals surface area contributed by atoms with Crippen molar-refractivity contribution in [3.05, 3.63) is 71.8 Å². The summed E-state index contributed by atoms with van der Waals surface area (Å²) in [6.45, 7) is 1.73. The van der Waals surface area contributed by atoms with E-state index in [4.69, 9.17) is 23.8 Å². The van der Waals surface area contributed by atoms with Crippen LogP contribution in [0.5, 0.6) is 0 Å². The Balaban J connectivity index is 1.48. The molecule has 4 atom stereocenters. The van der Waals surface area contributed by atoms with E-state index in [1.165, 1.54) is 0 Å². The molecular formula is C22H27NO5. The quantitative estimate of drug-likeness (QED) is 0.697. The number of likely N-dealkylation sites (N-methyl/N-ethyl adjacent to an activating group) is 1. The van der Waals surface area contributed by atoms with E-state index >= 15 is 0 Å². The number of methoxy groups -OCH3 is 1. The highest BCUT2D eigenvalue weighted by Crippen LogP contribution is 2.41. The van der Waals surface area contributed by atoms with Gasteiger partial charge in [-0.2, -0.15) is 5.06 Å². The van der Waals surface area contributed by atoms with Crippen molar-refractivity contribution >= 4 is 0 Å². The topological polar surface area (TPSA) is 49.4 Å². The number of hydrogen-bond acceptors (Lipinski definition) is 6. The summed E-state index contributed by atoms with van der Waals surface area (Å²) in [5.41, 5.74) is 1.53. The van der Waals surface area contributed by atoms with Gasteiger partial charge in [-0.05, 0) is 11.1 Å². The molecule has 6 nitrogen and oxygen atoms in total. The Morgan fingerprint density at radius 2 is 1.64 bits per heavy atom. The van der Waals surface area contributed by atoms with Crippen LogP contribution in [0.4, 0.5) is 0 Å². The summed E-state index contributed by atoms with van der Waals surface area (Å²) in [5.74, 6) is 0. The van der Waals surface area contributed by atoms with Gasteiger partial charge in [0.05, 0.1) is 19.8 Å². The molecule has 0 radical (unpaired) electrons. The van der Waals surface area contributed by atoms with Gasteiger partial charge in [-0.25, -0.2) is 0 Å². The summed E-state index contributed by atoms with van der Waals surface area (Å²) in [5, 5.41) is 1.78. The minimum Gasteiger partial charge on any atom is -0.374 e. The molecule has 0 amide bonds. The van der Waals surface area contributed by atoms with Crippen LogP contribution >= 0.6 is 0 Å². The van der Waals surface area contributed by atoms with Gasteiger partial charge in [0.25, 0.3) is 0 Å². The van der Waals surface area contributed by atoms with Crippen molar-refractivity contribution in [2.75, 3.05) is 27.4 Å². The van der Waals surface area contributed by atoms with Gasteiger partial charge < -0.3 is 18.9 Å². The minimum absolute atomic E-state index is 0.164. The Hall–Kier alpha value is -1.80. The van der Waals surface area contributed by atoms with Crippen LogP contribution in [0, 0.1) is 0 Å². The van der Waals surface area contributed by atoms with Gasteiger partial charge in [-0.1, -0.05) is 60.7 Å². The lowest BCUT2D eigenvalue weighted by molar-refractivity contribution is -0.269. The molecule has 2 aliphatic rings. The number of nitrogens with zero attached hydrogens (tertiary/aromatic N) is 1. The third-order valence-electron chi connectivity index (χ3n) is 5.35. The number of ether oxygens (including phenoxy) is 4. The molecular weight excluding hydrogens is 358 g/mol. The standard InChI is InChI=1S/C22H27NO5/c1-23-19-20(26-14-18-11-7-4-8-12-18)22(16-27-23,28-21(19)24-2)15-25-13-17-9-5-3-6-10-17/h3-12,19-21H,13-16H2,1-2H3. The molecule has 0 saturated carbocycles. The lowest BCUT2D eigenvalue weighted by atomic mass is 9.94. The molecule has 2 aromatic carbocycles. The van der Waals surface area contributed by atoms with Crippen LogP contribution in [-0.4, -0.2) is 56.5 Å². The van der Waals surface area contributed by atoms with Crippen molar-refractivity contribution in [3.63, 3.8) is 0 Å². The van der Waals surface area contributed by atoms with Gasteiger partial charge in [-0.15, -0.1) is 0 Å². The Labute approximate surface area is 165 Å². The molecule has 150 valence electrons. The second-order valence-electron chi connectivity index (χ2n) is 7.29. The van der Waals surface area contributed by atoms with Crippen molar-refractivity contribution in [2.45, 2.75) is 37.3 Å². The lowest BCUT2D eigenvalue weighted by Gasteiger charge is -2.41. The van der Waals surface area contributed by atoms with E-state index in [0.717, 1.165) is 11.1 Å². The second-order valence-corrected chi connectivity index (χ2v) is 7.29. The van der Waals surface area contributed by atoms with Crippen LogP contribution in [0.15, 0.2) is 60.7 Å². The van der Waals surface area contributed by atoms with E-state index in [1.807, 2.05) is 55.6 Å². The Morgan fingerprint density at radius 3 is 2.29 bits per heavy atom. The zero-order valence-corrected chi connectivity index (χ0v) is 16.3. The smallest absolute Gasteiger partial charge is 0.178 e. The fraction of sp³-hybridized carbons (Fsp3) is 0.455. The van der Waals surface area contributed by atoms with Gasteiger partial charge in [0.15, 0.2) is 6.29 Å². The monoisotopic (exact) mass is 385 g/mol. The number of hydrogen-bond donors (Lipinski definition) is 0. The molecule has 2 bridgehead atoms. The first kappa shape index (κ1) is 19.5. The summed E-state index contributed by atoms with van der Waals surface area (Å²) in [6, 6.07) is 20.1. The van der Waals surface area contributed by atoms with Crippen molar-refractivity contribution in [3.8, 4) is 0 Å². The highest BCUT2D eigenvalue weighted by atomic mass is 16.8.